The Balaban J connectivity index is 1.22. The Labute approximate surface area is 201 Å². The van der Waals surface area contributed by atoms with Gasteiger partial charge in [0.05, 0.1) is 16.8 Å². The molecule has 1 aliphatic rings. The van der Waals surface area contributed by atoms with Gasteiger partial charge in [-0.3, -0.25) is 19.7 Å². The number of hydrogen-bond donors (Lipinski definition) is 1. The molecule has 1 aliphatic heterocycles. The molecular weight excluding hydrogens is 475 g/mol. The Morgan fingerprint density at radius 3 is 2.21 bits per heavy atom. The molecule has 10 heteroatoms. The number of benzene rings is 3. The number of carbonyl (C=O) groups excluding carboxylic acids is 3. The average molecular weight is 491 g/mol. The predicted molar refractivity (Wildman–Crippen MR) is 128 cm³/mol. The van der Waals surface area contributed by atoms with E-state index < -0.39 is 11.8 Å². The van der Waals surface area contributed by atoms with Gasteiger partial charge in [-0.05, 0) is 54.1 Å². The van der Waals surface area contributed by atoms with E-state index in [-0.39, 0.29) is 11.7 Å². The third-order valence-corrected chi connectivity index (χ3v) is 7.13. The molecular formula is C24H15FN4O3S2. The zero-order valence-electron chi connectivity index (χ0n) is 17.4. The van der Waals surface area contributed by atoms with Crippen LogP contribution in [0.15, 0.2) is 77.1 Å². The zero-order valence-corrected chi connectivity index (χ0v) is 19.0. The SMILES string of the molecule is O=C(Nc1nnc(SCc2ccc(F)cc2)s1)c1ccc(N2C(=O)c3ccccc3C2=O)cc1. The van der Waals surface area contributed by atoms with Crippen molar-refractivity contribution in [3.63, 3.8) is 0 Å². The van der Waals surface area contributed by atoms with E-state index >= 15 is 0 Å². The summed E-state index contributed by atoms with van der Waals surface area (Å²) in [4.78, 5) is 39.0. The van der Waals surface area contributed by atoms with Crippen LogP contribution in [0.4, 0.5) is 15.2 Å². The summed E-state index contributed by atoms with van der Waals surface area (Å²) in [6.45, 7) is 0. The third kappa shape index (κ3) is 4.33. The van der Waals surface area contributed by atoms with Crippen molar-refractivity contribution in [1.29, 1.82) is 0 Å². The van der Waals surface area contributed by atoms with E-state index in [1.54, 1.807) is 60.7 Å². The van der Waals surface area contributed by atoms with E-state index in [0.29, 0.717) is 37.6 Å². The van der Waals surface area contributed by atoms with Crippen LogP contribution in [0.3, 0.4) is 0 Å². The molecule has 0 saturated carbocycles. The van der Waals surface area contributed by atoms with Crippen molar-refractivity contribution in [2.45, 2.75) is 10.1 Å². The van der Waals surface area contributed by atoms with Gasteiger partial charge >= 0.3 is 0 Å². The van der Waals surface area contributed by atoms with Crippen LogP contribution >= 0.6 is 23.1 Å². The number of aromatic nitrogens is 2. The summed E-state index contributed by atoms with van der Waals surface area (Å²) in [7, 11) is 0. The first-order chi connectivity index (χ1) is 16.5. The van der Waals surface area contributed by atoms with Gasteiger partial charge in [-0.15, -0.1) is 10.2 Å². The number of hydrogen-bond acceptors (Lipinski definition) is 7. The maximum atomic E-state index is 13.0. The Bertz CT molecular complexity index is 1370. The summed E-state index contributed by atoms with van der Waals surface area (Å²) in [5, 5.41) is 11.1. The van der Waals surface area contributed by atoms with Crippen LogP contribution in [0.5, 0.6) is 0 Å². The second-order valence-corrected chi connectivity index (χ2v) is 9.48. The fourth-order valence-corrected chi connectivity index (χ4v) is 5.10. The first-order valence-corrected chi connectivity index (χ1v) is 11.9. The Morgan fingerprint density at radius 2 is 1.56 bits per heavy atom. The Hall–Kier alpha value is -3.89. The Kier molecular flexibility index (Phi) is 5.91. The molecule has 1 N–H and O–H groups in total. The maximum absolute atomic E-state index is 13.0. The normalized spacial score (nSPS) is 12.7. The molecule has 0 saturated heterocycles. The first-order valence-electron chi connectivity index (χ1n) is 10.1. The van der Waals surface area contributed by atoms with Gasteiger partial charge in [0, 0.05) is 11.3 Å². The number of thioether (sulfide) groups is 1. The molecule has 0 bridgehead atoms. The summed E-state index contributed by atoms with van der Waals surface area (Å²) in [5.74, 6) is -0.858. The number of rotatable bonds is 6. The highest BCUT2D eigenvalue weighted by atomic mass is 32.2. The molecule has 168 valence electrons. The minimum absolute atomic E-state index is 0.286. The Morgan fingerprint density at radius 1 is 0.912 bits per heavy atom. The van der Waals surface area contributed by atoms with Crippen molar-refractivity contribution in [1.82, 2.24) is 10.2 Å². The van der Waals surface area contributed by atoms with Crippen LogP contribution in [-0.4, -0.2) is 27.9 Å². The van der Waals surface area contributed by atoms with E-state index in [0.717, 1.165) is 10.5 Å². The van der Waals surface area contributed by atoms with Gasteiger partial charge in [0.25, 0.3) is 17.7 Å². The molecule has 3 amide bonds. The lowest BCUT2D eigenvalue weighted by atomic mass is 10.1. The van der Waals surface area contributed by atoms with Gasteiger partial charge < -0.3 is 0 Å². The highest BCUT2D eigenvalue weighted by molar-refractivity contribution is 8.00. The summed E-state index contributed by atoms with van der Waals surface area (Å²) < 4.78 is 13.7. The molecule has 2 heterocycles. The number of amides is 3. The van der Waals surface area contributed by atoms with Gasteiger partial charge in [-0.25, -0.2) is 9.29 Å². The molecule has 7 nitrogen and oxygen atoms in total. The van der Waals surface area contributed by atoms with Crippen molar-refractivity contribution in [2.24, 2.45) is 0 Å². The second kappa shape index (κ2) is 9.16. The van der Waals surface area contributed by atoms with Crippen LogP contribution in [0.25, 0.3) is 0 Å². The van der Waals surface area contributed by atoms with E-state index in [9.17, 15) is 18.8 Å². The summed E-state index contributed by atoms with van der Waals surface area (Å²) in [6.07, 6.45) is 0. The molecule has 3 aromatic carbocycles. The van der Waals surface area contributed by atoms with E-state index in [4.69, 9.17) is 0 Å². The molecule has 0 aliphatic carbocycles. The standard InChI is InChI=1S/C24H15FN4O3S2/c25-16-9-5-14(6-10-16)13-33-24-28-27-23(34-24)26-20(30)15-7-11-17(12-8-15)29-21(31)18-3-1-2-4-19(18)22(29)32/h1-12H,13H2,(H,26,27,30). The zero-order chi connectivity index (χ0) is 23.7. The topological polar surface area (TPSA) is 92.3 Å². The number of nitrogens with zero attached hydrogens (tertiary/aromatic N) is 3. The van der Waals surface area contributed by atoms with E-state index in [1.165, 1.54) is 35.2 Å². The minimum Gasteiger partial charge on any atom is -0.296 e. The highest BCUT2D eigenvalue weighted by Gasteiger charge is 2.36. The molecule has 4 aromatic rings. The molecule has 5 rings (SSSR count). The quantitative estimate of drug-likeness (QED) is 0.232. The van der Waals surface area contributed by atoms with Crippen LogP contribution in [0, 0.1) is 5.82 Å². The van der Waals surface area contributed by atoms with Crippen LogP contribution in [0.1, 0.15) is 36.6 Å². The molecule has 0 fully saturated rings. The average Bonchev–Trinajstić information content (AvgIpc) is 3.41. The molecule has 0 spiro atoms. The molecule has 1 aromatic heterocycles. The lowest BCUT2D eigenvalue weighted by Crippen LogP contribution is -2.29. The number of carbonyl (C=O) groups is 3. The van der Waals surface area contributed by atoms with Gasteiger partial charge in [0.15, 0.2) is 4.34 Å². The molecule has 0 atom stereocenters. The largest absolute Gasteiger partial charge is 0.296 e. The molecule has 0 radical (unpaired) electrons. The summed E-state index contributed by atoms with van der Waals surface area (Å²) in [6, 6.07) is 19.1. The van der Waals surface area contributed by atoms with Crippen LogP contribution in [0.2, 0.25) is 0 Å². The van der Waals surface area contributed by atoms with Gasteiger partial charge in [-0.1, -0.05) is 47.4 Å². The number of fused-ring (bicyclic) bond motifs is 1. The fraction of sp³-hybridized carbons (Fsp3) is 0.0417. The summed E-state index contributed by atoms with van der Waals surface area (Å²) >= 11 is 2.67. The van der Waals surface area contributed by atoms with Crippen molar-refractivity contribution in [3.8, 4) is 0 Å². The fourth-order valence-electron chi connectivity index (χ4n) is 3.40. The second-order valence-electron chi connectivity index (χ2n) is 7.28. The van der Waals surface area contributed by atoms with Gasteiger partial charge in [0.1, 0.15) is 5.82 Å². The van der Waals surface area contributed by atoms with Crippen molar-refractivity contribution in [3.05, 3.63) is 101 Å². The van der Waals surface area contributed by atoms with E-state index in [1.807, 2.05) is 0 Å². The van der Waals surface area contributed by atoms with Crippen molar-refractivity contribution >= 4 is 51.6 Å². The number of imide groups is 1. The number of nitrogens with one attached hydrogen (secondary N) is 1. The number of anilines is 2. The lowest BCUT2D eigenvalue weighted by Gasteiger charge is -2.14. The monoisotopic (exact) mass is 490 g/mol. The smallest absolute Gasteiger partial charge is 0.266 e. The molecule has 0 unspecified atom stereocenters. The van der Waals surface area contributed by atoms with Crippen molar-refractivity contribution < 1.29 is 18.8 Å². The lowest BCUT2D eigenvalue weighted by molar-refractivity contribution is 0.0925. The van der Waals surface area contributed by atoms with Gasteiger partial charge in [-0.2, -0.15) is 0 Å². The third-order valence-electron chi connectivity index (χ3n) is 5.08. The van der Waals surface area contributed by atoms with Crippen molar-refractivity contribution in [2.75, 3.05) is 10.2 Å². The predicted octanol–water partition coefficient (Wildman–Crippen LogP) is 5.02. The highest BCUT2D eigenvalue weighted by Crippen LogP contribution is 2.30. The molecule has 34 heavy (non-hydrogen) atoms. The summed E-state index contributed by atoms with van der Waals surface area (Å²) in [5.41, 5.74) is 2.40. The first kappa shape index (κ1) is 21.9. The van der Waals surface area contributed by atoms with E-state index in [2.05, 4.69) is 15.5 Å². The minimum atomic E-state index is -0.391. The van der Waals surface area contributed by atoms with Crippen LogP contribution in [-0.2, 0) is 5.75 Å². The van der Waals surface area contributed by atoms with Gasteiger partial charge in [0.2, 0.25) is 5.13 Å². The maximum Gasteiger partial charge on any atom is 0.266 e. The van der Waals surface area contributed by atoms with Crippen LogP contribution < -0.4 is 10.2 Å². The number of halogens is 1.